The molecule has 0 fully saturated rings. The molecule has 0 amide bonds. The van der Waals surface area contributed by atoms with Crippen LogP contribution in [0.3, 0.4) is 0 Å². The molecular formula is C9H9N5O2S3. The minimum Gasteiger partial charge on any atom is -0.389 e. The van der Waals surface area contributed by atoms with Crippen LogP contribution in [0, 0.1) is 6.92 Å². The van der Waals surface area contributed by atoms with Gasteiger partial charge in [0, 0.05) is 17.1 Å². The van der Waals surface area contributed by atoms with Crippen molar-refractivity contribution in [3.63, 3.8) is 0 Å². The molecule has 19 heavy (non-hydrogen) atoms. The number of hydrogen-bond donors (Lipinski definition) is 2. The highest BCUT2D eigenvalue weighted by atomic mass is 32.2. The largest absolute Gasteiger partial charge is 0.389 e. The summed E-state index contributed by atoms with van der Waals surface area (Å²) in [5, 5.41) is 6.95. The Bertz CT molecular complexity index is 711. The van der Waals surface area contributed by atoms with E-state index in [1.54, 1.807) is 19.1 Å². The molecule has 0 aliphatic heterocycles. The summed E-state index contributed by atoms with van der Waals surface area (Å²) < 4.78 is 30.2. The lowest BCUT2D eigenvalue weighted by Gasteiger charge is -2.09. The molecule has 10 heteroatoms. The van der Waals surface area contributed by atoms with Gasteiger partial charge >= 0.3 is 0 Å². The van der Waals surface area contributed by atoms with Gasteiger partial charge < -0.3 is 5.73 Å². The monoisotopic (exact) mass is 315 g/mol. The molecular weight excluding hydrogens is 306 g/mol. The Labute approximate surface area is 119 Å². The molecule has 7 nitrogen and oxygen atoms in total. The minimum absolute atomic E-state index is 0.0907. The first-order valence-electron chi connectivity index (χ1n) is 4.98. The van der Waals surface area contributed by atoms with Gasteiger partial charge in [0.2, 0.25) is 5.13 Å². The van der Waals surface area contributed by atoms with Crippen molar-refractivity contribution in [3.8, 4) is 0 Å². The van der Waals surface area contributed by atoms with Gasteiger partial charge in [-0.3, -0.25) is 4.72 Å². The van der Waals surface area contributed by atoms with Crippen LogP contribution in [0.5, 0.6) is 0 Å². The Morgan fingerprint density at radius 2 is 2.21 bits per heavy atom. The predicted molar refractivity (Wildman–Crippen MR) is 75.6 cm³/mol. The number of hydrogen-bond acceptors (Lipinski definition) is 7. The second-order valence-electron chi connectivity index (χ2n) is 3.62. The van der Waals surface area contributed by atoms with Gasteiger partial charge in [-0.05, 0) is 23.8 Å². The van der Waals surface area contributed by atoms with E-state index in [0.717, 1.165) is 11.5 Å². The van der Waals surface area contributed by atoms with Crippen molar-refractivity contribution in [1.82, 2.24) is 14.8 Å². The number of nitrogens with one attached hydrogen (secondary N) is 1. The molecule has 0 atom stereocenters. The lowest BCUT2D eigenvalue weighted by atomic mass is 10.1. The summed E-state index contributed by atoms with van der Waals surface area (Å²) in [6.45, 7) is 1.68. The van der Waals surface area contributed by atoms with Crippen LogP contribution in [0.25, 0.3) is 0 Å². The first-order valence-corrected chi connectivity index (χ1v) is 7.65. The fourth-order valence-electron chi connectivity index (χ4n) is 1.39. The normalized spacial score (nSPS) is 11.2. The topological polar surface area (TPSA) is 111 Å². The fraction of sp³-hybridized carbons (Fsp3) is 0.111. The van der Waals surface area contributed by atoms with Crippen molar-refractivity contribution in [3.05, 3.63) is 29.3 Å². The van der Waals surface area contributed by atoms with E-state index in [-0.39, 0.29) is 15.0 Å². The van der Waals surface area contributed by atoms with Gasteiger partial charge in [-0.1, -0.05) is 33.9 Å². The van der Waals surface area contributed by atoms with E-state index in [0.29, 0.717) is 11.1 Å². The van der Waals surface area contributed by atoms with Crippen LogP contribution >= 0.6 is 23.8 Å². The molecule has 0 saturated carbocycles. The molecule has 0 aliphatic rings. The Hall–Kier alpha value is -1.65. The standard InChI is InChI=1S/C9H9N5O2S3/c1-5-2-3-6(8(10)17)4-7(5)19(15,16)12-9-11-13-14-18-9/h2-4H,1H3,(H2,10,17)(H,11,12,14). The van der Waals surface area contributed by atoms with E-state index in [1.165, 1.54) is 6.07 Å². The van der Waals surface area contributed by atoms with Crippen LogP contribution in [0.4, 0.5) is 5.13 Å². The van der Waals surface area contributed by atoms with Gasteiger partial charge in [0.05, 0.1) is 4.90 Å². The summed E-state index contributed by atoms with van der Waals surface area (Å²) in [5.74, 6) is 0. The maximum atomic E-state index is 12.2. The van der Waals surface area contributed by atoms with E-state index in [4.69, 9.17) is 18.0 Å². The number of nitrogens with two attached hydrogens (primary N) is 1. The average Bonchev–Trinajstić information content (AvgIpc) is 2.81. The maximum Gasteiger partial charge on any atom is 0.264 e. The molecule has 0 bridgehead atoms. The number of benzene rings is 1. The Morgan fingerprint density at radius 3 is 2.79 bits per heavy atom. The van der Waals surface area contributed by atoms with Crippen LogP contribution in [-0.4, -0.2) is 28.2 Å². The van der Waals surface area contributed by atoms with Gasteiger partial charge in [-0.15, -0.1) is 0 Å². The minimum atomic E-state index is -3.77. The summed E-state index contributed by atoms with van der Waals surface area (Å²) in [4.78, 5) is 0.224. The SMILES string of the molecule is Cc1ccc(C(N)=S)cc1S(=O)(=O)Nc1nnns1. The number of aryl methyl sites for hydroxylation is 1. The zero-order valence-corrected chi connectivity index (χ0v) is 12.1. The first-order chi connectivity index (χ1) is 8.90. The van der Waals surface area contributed by atoms with Crippen molar-refractivity contribution < 1.29 is 8.42 Å². The van der Waals surface area contributed by atoms with Crippen molar-refractivity contribution in [2.75, 3.05) is 4.72 Å². The molecule has 1 aromatic heterocycles. The molecule has 0 aliphatic carbocycles. The van der Waals surface area contributed by atoms with Crippen LogP contribution in [0.1, 0.15) is 11.1 Å². The number of rotatable bonds is 4. The molecule has 0 spiro atoms. The Kier molecular flexibility index (Phi) is 3.73. The smallest absolute Gasteiger partial charge is 0.264 e. The molecule has 3 N–H and O–H groups in total. The van der Waals surface area contributed by atoms with Gasteiger partial charge in [0.1, 0.15) is 4.99 Å². The second kappa shape index (κ2) is 5.15. The molecule has 1 aromatic carbocycles. The molecule has 0 radical (unpaired) electrons. The number of sulfonamides is 1. The second-order valence-corrected chi connectivity index (χ2v) is 6.44. The van der Waals surface area contributed by atoms with Crippen molar-refractivity contribution >= 4 is 43.9 Å². The summed E-state index contributed by atoms with van der Waals surface area (Å²) in [6.07, 6.45) is 0. The molecule has 2 rings (SSSR count). The number of anilines is 1. The van der Waals surface area contributed by atoms with Gasteiger partial charge in [-0.2, -0.15) is 0 Å². The van der Waals surface area contributed by atoms with E-state index in [1.807, 2.05) is 0 Å². The Morgan fingerprint density at radius 1 is 1.47 bits per heavy atom. The third-order valence-corrected chi connectivity index (χ3v) is 4.64. The third kappa shape index (κ3) is 3.03. The zero-order chi connectivity index (χ0) is 14.0. The highest BCUT2D eigenvalue weighted by Gasteiger charge is 2.19. The van der Waals surface area contributed by atoms with Crippen LogP contribution in [0.2, 0.25) is 0 Å². The summed E-state index contributed by atoms with van der Waals surface area (Å²) in [5.41, 5.74) is 6.55. The molecule has 100 valence electrons. The van der Waals surface area contributed by atoms with Crippen molar-refractivity contribution in [1.29, 1.82) is 0 Å². The van der Waals surface area contributed by atoms with E-state index >= 15 is 0 Å². The summed E-state index contributed by atoms with van der Waals surface area (Å²) >= 11 is 5.68. The van der Waals surface area contributed by atoms with Crippen LogP contribution in [0.15, 0.2) is 23.1 Å². The summed E-state index contributed by atoms with van der Waals surface area (Å²) in [6, 6.07) is 4.74. The van der Waals surface area contributed by atoms with Crippen molar-refractivity contribution in [2.24, 2.45) is 5.73 Å². The van der Waals surface area contributed by atoms with E-state index in [9.17, 15) is 8.42 Å². The number of nitrogens with zero attached hydrogens (tertiary/aromatic N) is 3. The van der Waals surface area contributed by atoms with Crippen LogP contribution in [-0.2, 0) is 10.0 Å². The summed E-state index contributed by atoms with van der Waals surface area (Å²) in [7, 11) is -3.77. The number of thiocarbonyl (C=S) groups is 1. The zero-order valence-electron chi connectivity index (χ0n) is 9.69. The van der Waals surface area contributed by atoms with Crippen molar-refractivity contribution in [2.45, 2.75) is 11.8 Å². The molecule has 1 heterocycles. The third-order valence-electron chi connectivity index (χ3n) is 2.28. The Balaban J connectivity index is 2.45. The van der Waals surface area contributed by atoms with Gasteiger partial charge in [0.25, 0.3) is 10.0 Å². The highest BCUT2D eigenvalue weighted by molar-refractivity contribution is 7.93. The molecule has 0 unspecified atom stereocenters. The highest BCUT2D eigenvalue weighted by Crippen LogP contribution is 2.20. The van der Waals surface area contributed by atoms with Crippen LogP contribution < -0.4 is 10.5 Å². The van der Waals surface area contributed by atoms with E-state index in [2.05, 4.69) is 19.5 Å². The van der Waals surface area contributed by atoms with Gasteiger partial charge in [-0.25, -0.2) is 8.42 Å². The molecule has 0 saturated heterocycles. The quantitative estimate of drug-likeness (QED) is 0.798. The predicted octanol–water partition coefficient (Wildman–Crippen LogP) is 0.677. The lowest BCUT2D eigenvalue weighted by Crippen LogP contribution is -2.16. The lowest BCUT2D eigenvalue weighted by molar-refractivity contribution is 0.600. The van der Waals surface area contributed by atoms with E-state index < -0.39 is 10.0 Å². The fourth-order valence-corrected chi connectivity index (χ4v) is 3.37. The average molecular weight is 315 g/mol. The first kappa shape index (κ1) is 13.8. The van der Waals surface area contributed by atoms with Gasteiger partial charge in [0.15, 0.2) is 0 Å². The molecule has 2 aromatic rings. The maximum absolute atomic E-state index is 12.2. The number of aromatic nitrogens is 3.